The summed E-state index contributed by atoms with van der Waals surface area (Å²) in [6.45, 7) is 5.00. The summed E-state index contributed by atoms with van der Waals surface area (Å²) in [7, 11) is 0. The molecule has 0 aliphatic carbocycles. The number of rotatable bonds is 6. The van der Waals surface area contributed by atoms with E-state index in [-0.39, 0.29) is 5.91 Å². The van der Waals surface area contributed by atoms with Gasteiger partial charge >= 0.3 is 0 Å². The van der Waals surface area contributed by atoms with E-state index in [4.69, 9.17) is 4.52 Å². The molecule has 0 unspecified atom stereocenters. The van der Waals surface area contributed by atoms with Gasteiger partial charge in [0.2, 0.25) is 5.89 Å². The number of aromatic nitrogens is 3. The number of pyridine rings is 1. The number of aryl methyl sites for hydroxylation is 1. The third-order valence-corrected chi connectivity index (χ3v) is 2.57. The number of carbonyl (C=O) groups excluding carboxylic acids is 1. The fraction of sp³-hybridized carbons (Fsp3) is 0.385. The lowest BCUT2D eigenvalue weighted by atomic mass is 10.3. The summed E-state index contributed by atoms with van der Waals surface area (Å²) in [6.07, 6.45) is 2.14. The van der Waals surface area contributed by atoms with Gasteiger partial charge < -0.3 is 15.2 Å². The maximum Gasteiger partial charge on any atom is 0.269 e. The van der Waals surface area contributed by atoms with E-state index in [2.05, 4.69) is 25.8 Å². The van der Waals surface area contributed by atoms with E-state index in [1.807, 2.05) is 13.0 Å². The molecule has 0 saturated heterocycles. The number of anilines is 1. The van der Waals surface area contributed by atoms with Crippen LogP contribution in [0.15, 0.2) is 22.9 Å². The lowest BCUT2D eigenvalue weighted by Gasteiger charge is -2.05. The van der Waals surface area contributed by atoms with Gasteiger partial charge in [-0.1, -0.05) is 5.16 Å². The second-order valence-electron chi connectivity index (χ2n) is 4.20. The Morgan fingerprint density at radius 3 is 2.85 bits per heavy atom. The van der Waals surface area contributed by atoms with E-state index in [9.17, 15) is 4.79 Å². The van der Waals surface area contributed by atoms with Gasteiger partial charge in [0.1, 0.15) is 5.69 Å². The fourth-order valence-corrected chi connectivity index (χ4v) is 1.65. The smallest absolute Gasteiger partial charge is 0.269 e. The van der Waals surface area contributed by atoms with Crippen molar-refractivity contribution in [2.24, 2.45) is 0 Å². The number of nitrogens with one attached hydrogen (secondary N) is 2. The highest BCUT2D eigenvalue weighted by molar-refractivity contribution is 5.92. The van der Waals surface area contributed by atoms with Crippen LogP contribution in [0.1, 0.15) is 29.1 Å². The molecule has 2 aromatic heterocycles. The van der Waals surface area contributed by atoms with Gasteiger partial charge in [0, 0.05) is 19.5 Å². The molecular weight excluding hydrogens is 258 g/mol. The minimum absolute atomic E-state index is 0.218. The van der Waals surface area contributed by atoms with Gasteiger partial charge in [-0.15, -0.1) is 0 Å². The SMILES string of the molecule is CCNc1ccc(C(=O)NCCc2nc(C)no2)nc1. The zero-order valence-electron chi connectivity index (χ0n) is 11.5. The average Bonchev–Trinajstić information content (AvgIpc) is 2.85. The topological polar surface area (TPSA) is 92.9 Å². The first-order valence-electron chi connectivity index (χ1n) is 6.46. The van der Waals surface area contributed by atoms with Gasteiger partial charge in [-0.25, -0.2) is 4.98 Å². The molecule has 0 aromatic carbocycles. The summed E-state index contributed by atoms with van der Waals surface area (Å²) in [5.74, 6) is 0.884. The number of amides is 1. The first-order chi connectivity index (χ1) is 9.69. The molecule has 0 aliphatic rings. The van der Waals surface area contributed by atoms with Crippen LogP contribution in [0.25, 0.3) is 0 Å². The van der Waals surface area contributed by atoms with Gasteiger partial charge in [-0.05, 0) is 26.0 Å². The fourth-order valence-electron chi connectivity index (χ4n) is 1.65. The maximum atomic E-state index is 11.8. The Bertz CT molecular complexity index is 564. The number of nitrogens with zero attached hydrogens (tertiary/aromatic N) is 3. The van der Waals surface area contributed by atoms with Gasteiger partial charge in [-0.2, -0.15) is 4.98 Å². The summed E-state index contributed by atoms with van der Waals surface area (Å²) in [5.41, 5.74) is 1.28. The zero-order chi connectivity index (χ0) is 14.4. The van der Waals surface area contributed by atoms with Crippen molar-refractivity contribution in [3.63, 3.8) is 0 Å². The molecule has 7 heteroatoms. The van der Waals surface area contributed by atoms with Crippen molar-refractivity contribution in [1.29, 1.82) is 0 Å². The molecule has 20 heavy (non-hydrogen) atoms. The van der Waals surface area contributed by atoms with E-state index in [1.165, 1.54) is 0 Å². The molecule has 106 valence electrons. The van der Waals surface area contributed by atoms with E-state index in [0.717, 1.165) is 12.2 Å². The Morgan fingerprint density at radius 2 is 2.25 bits per heavy atom. The van der Waals surface area contributed by atoms with Crippen LogP contribution in [-0.2, 0) is 6.42 Å². The summed E-state index contributed by atoms with van der Waals surface area (Å²) in [5, 5.41) is 9.56. The van der Waals surface area contributed by atoms with Crippen molar-refractivity contribution in [2.45, 2.75) is 20.3 Å². The van der Waals surface area contributed by atoms with Crippen LogP contribution in [-0.4, -0.2) is 34.1 Å². The Morgan fingerprint density at radius 1 is 1.40 bits per heavy atom. The minimum Gasteiger partial charge on any atom is -0.384 e. The third kappa shape index (κ3) is 3.78. The highest BCUT2D eigenvalue weighted by atomic mass is 16.5. The molecule has 2 N–H and O–H groups in total. The van der Waals surface area contributed by atoms with Crippen molar-refractivity contribution in [2.75, 3.05) is 18.4 Å². The van der Waals surface area contributed by atoms with Crippen molar-refractivity contribution in [3.8, 4) is 0 Å². The first-order valence-corrected chi connectivity index (χ1v) is 6.46. The maximum absolute atomic E-state index is 11.8. The predicted octanol–water partition coefficient (Wildman–Crippen LogP) is 1.18. The van der Waals surface area contributed by atoms with E-state index < -0.39 is 0 Å². The number of hydrogen-bond donors (Lipinski definition) is 2. The molecule has 0 spiro atoms. The molecule has 2 heterocycles. The Kier molecular flexibility index (Phi) is 4.65. The highest BCUT2D eigenvalue weighted by Crippen LogP contribution is 2.05. The minimum atomic E-state index is -0.218. The Hall–Kier alpha value is -2.44. The molecule has 0 fully saturated rings. The molecule has 2 aromatic rings. The van der Waals surface area contributed by atoms with Crippen molar-refractivity contribution in [3.05, 3.63) is 35.7 Å². The number of carbonyl (C=O) groups is 1. The summed E-state index contributed by atoms with van der Waals surface area (Å²) >= 11 is 0. The summed E-state index contributed by atoms with van der Waals surface area (Å²) in [4.78, 5) is 20.0. The van der Waals surface area contributed by atoms with E-state index in [0.29, 0.717) is 30.4 Å². The van der Waals surface area contributed by atoms with Crippen LogP contribution in [0.2, 0.25) is 0 Å². The molecule has 1 amide bonds. The molecular formula is C13H17N5O2. The van der Waals surface area contributed by atoms with Crippen molar-refractivity contribution in [1.82, 2.24) is 20.4 Å². The predicted molar refractivity (Wildman–Crippen MR) is 73.5 cm³/mol. The zero-order valence-corrected chi connectivity index (χ0v) is 11.5. The van der Waals surface area contributed by atoms with Crippen LogP contribution in [0, 0.1) is 6.92 Å². The van der Waals surface area contributed by atoms with Crippen LogP contribution < -0.4 is 10.6 Å². The lowest BCUT2D eigenvalue weighted by Crippen LogP contribution is -2.26. The normalized spacial score (nSPS) is 10.3. The van der Waals surface area contributed by atoms with Crippen LogP contribution in [0.5, 0.6) is 0 Å². The average molecular weight is 275 g/mol. The monoisotopic (exact) mass is 275 g/mol. The van der Waals surface area contributed by atoms with Crippen molar-refractivity contribution >= 4 is 11.6 Å². The van der Waals surface area contributed by atoms with Gasteiger partial charge in [0.15, 0.2) is 5.82 Å². The Labute approximate surface area is 116 Å². The quantitative estimate of drug-likeness (QED) is 0.822. The van der Waals surface area contributed by atoms with Crippen molar-refractivity contribution < 1.29 is 9.32 Å². The molecule has 0 saturated carbocycles. The molecule has 0 aliphatic heterocycles. The largest absolute Gasteiger partial charge is 0.384 e. The summed E-state index contributed by atoms with van der Waals surface area (Å²) < 4.78 is 4.96. The molecule has 0 radical (unpaired) electrons. The number of hydrogen-bond acceptors (Lipinski definition) is 6. The summed E-state index contributed by atoms with van der Waals surface area (Å²) in [6, 6.07) is 3.51. The second-order valence-corrected chi connectivity index (χ2v) is 4.20. The highest BCUT2D eigenvalue weighted by Gasteiger charge is 2.08. The second kappa shape index (κ2) is 6.65. The van der Waals surface area contributed by atoms with Crippen LogP contribution in [0.3, 0.4) is 0 Å². The molecule has 2 rings (SSSR count). The third-order valence-electron chi connectivity index (χ3n) is 2.57. The van der Waals surface area contributed by atoms with Gasteiger partial charge in [-0.3, -0.25) is 4.79 Å². The standard InChI is InChI=1S/C13H17N5O2/c1-3-14-10-4-5-11(16-8-10)13(19)15-7-6-12-17-9(2)18-20-12/h4-5,8,14H,3,6-7H2,1-2H3,(H,15,19). The van der Waals surface area contributed by atoms with Gasteiger partial charge in [0.25, 0.3) is 5.91 Å². The molecule has 0 atom stereocenters. The molecule has 0 bridgehead atoms. The van der Waals surface area contributed by atoms with Gasteiger partial charge in [0.05, 0.1) is 11.9 Å². The van der Waals surface area contributed by atoms with Crippen LogP contribution in [0.4, 0.5) is 5.69 Å². The van der Waals surface area contributed by atoms with E-state index >= 15 is 0 Å². The van der Waals surface area contributed by atoms with Crippen LogP contribution >= 0.6 is 0 Å². The lowest BCUT2D eigenvalue weighted by molar-refractivity contribution is 0.0948. The van der Waals surface area contributed by atoms with E-state index in [1.54, 1.807) is 19.2 Å². The Balaban J connectivity index is 1.82. The first kappa shape index (κ1) is 14.0. The molecule has 7 nitrogen and oxygen atoms in total.